The van der Waals surface area contributed by atoms with Gasteiger partial charge in [0.15, 0.2) is 0 Å². The van der Waals surface area contributed by atoms with Gasteiger partial charge in [0.25, 0.3) is 0 Å². The van der Waals surface area contributed by atoms with Crippen LogP contribution in [0.15, 0.2) is 0 Å². The van der Waals surface area contributed by atoms with Gasteiger partial charge in [0.05, 0.1) is 6.10 Å². The minimum absolute atomic E-state index is 0.309. The van der Waals surface area contributed by atoms with Crippen molar-refractivity contribution in [2.45, 2.75) is 66.0 Å². The Labute approximate surface area is 107 Å². The van der Waals surface area contributed by atoms with E-state index in [4.69, 9.17) is 4.74 Å². The van der Waals surface area contributed by atoms with Crippen molar-refractivity contribution in [3.8, 4) is 0 Å². The van der Waals surface area contributed by atoms with Gasteiger partial charge in [-0.3, -0.25) is 0 Å². The van der Waals surface area contributed by atoms with Crippen molar-refractivity contribution < 1.29 is 4.74 Å². The molecule has 0 bridgehead atoms. The van der Waals surface area contributed by atoms with E-state index in [1.807, 2.05) is 0 Å². The van der Waals surface area contributed by atoms with E-state index in [0.717, 1.165) is 12.5 Å². The molecule has 2 aliphatic carbocycles. The highest BCUT2D eigenvalue weighted by molar-refractivity contribution is 5.05. The van der Waals surface area contributed by atoms with Crippen LogP contribution in [0.2, 0.25) is 0 Å². The molecule has 100 valence electrons. The molecular weight excluding hydrogens is 210 g/mol. The van der Waals surface area contributed by atoms with Crippen molar-refractivity contribution in [1.82, 2.24) is 5.32 Å². The zero-order chi connectivity index (χ0) is 12.7. The average molecular weight is 239 g/mol. The normalized spacial score (nSPS) is 33.5. The minimum Gasteiger partial charge on any atom is -0.378 e. The van der Waals surface area contributed by atoms with Crippen molar-refractivity contribution >= 4 is 0 Å². The van der Waals surface area contributed by atoms with Gasteiger partial charge in [-0.25, -0.2) is 0 Å². The van der Waals surface area contributed by atoms with Crippen LogP contribution in [0, 0.1) is 16.7 Å². The van der Waals surface area contributed by atoms with Crippen LogP contribution in [0.25, 0.3) is 0 Å². The van der Waals surface area contributed by atoms with E-state index in [0.29, 0.717) is 23.0 Å². The molecule has 2 saturated carbocycles. The highest BCUT2D eigenvalue weighted by atomic mass is 16.5. The molecule has 2 fully saturated rings. The molecule has 0 radical (unpaired) electrons. The Morgan fingerprint density at radius 1 is 1.29 bits per heavy atom. The molecule has 0 aromatic rings. The Hall–Kier alpha value is -0.0800. The molecule has 2 heteroatoms. The summed E-state index contributed by atoms with van der Waals surface area (Å²) in [6, 6.07) is 0.648. The van der Waals surface area contributed by atoms with Gasteiger partial charge in [0, 0.05) is 24.6 Å². The molecule has 2 unspecified atom stereocenters. The second kappa shape index (κ2) is 4.55. The van der Waals surface area contributed by atoms with E-state index in [2.05, 4.69) is 39.9 Å². The molecule has 0 aromatic heterocycles. The highest BCUT2D eigenvalue weighted by Gasteiger charge is 2.51. The van der Waals surface area contributed by atoms with Crippen molar-refractivity contribution in [2.75, 3.05) is 13.2 Å². The van der Waals surface area contributed by atoms with Gasteiger partial charge in [-0.05, 0) is 37.5 Å². The van der Waals surface area contributed by atoms with E-state index in [1.54, 1.807) is 0 Å². The smallest absolute Gasteiger partial charge is 0.0655 e. The Kier molecular flexibility index (Phi) is 3.57. The topological polar surface area (TPSA) is 21.3 Å². The second-order valence-corrected chi connectivity index (χ2v) is 6.95. The first-order chi connectivity index (χ1) is 7.92. The Bertz CT molecular complexity index is 268. The molecule has 2 atom stereocenters. The molecule has 0 spiro atoms. The summed E-state index contributed by atoms with van der Waals surface area (Å²) >= 11 is 0. The first-order valence-corrected chi connectivity index (χ1v) is 7.27. The molecule has 1 N–H and O–H groups in total. The molecule has 0 saturated heterocycles. The summed E-state index contributed by atoms with van der Waals surface area (Å²) in [7, 11) is 0. The number of ether oxygens (including phenoxy) is 1. The van der Waals surface area contributed by atoms with Crippen LogP contribution in [-0.4, -0.2) is 25.3 Å². The van der Waals surface area contributed by atoms with Crippen molar-refractivity contribution in [1.29, 1.82) is 0 Å². The lowest BCUT2D eigenvalue weighted by molar-refractivity contribution is -0.115. The summed E-state index contributed by atoms with van der Waals surface area (Å²) in [4.78, 5) is 0. The molecule has 17 heavy (non-hydrogen) atoms. The standard InChI is InChI=1S/C15H29NO/c1-6-17-13-9-12(14(13,4)5)16-10-15(7-8-15)11(2)3/h11-13,16H,6-10H2,1-5H3. The summed E-state index contributed by atoms with van der Waals surface area (Å²) < 4.78 is 5.78. The lowest BCUT2D eigenvalue weighted by Crippen LogP contribution is -2.61. The second-order valence-electron chi connectivity index (χ2n) is 6.95. The highest BCUT2D eigenvalue weighted by Crippen LogP contribution is 2.52. The average Bonchev–Trinajstić information content (AvgIpc) is 3.03. The maximum atomic E-state index is 5.78. The van der Waals surface area contributed by atoms with Gasteiger partial charge < -0.3 is 10.1 Å². The molecule has 2 aliphatic rings. The van der Waals surface area contributed by atoms with Crippen LogP contribution in [-0.2, 0) is 4.74 Å². The third-order valence-corrected chi connectivity index (χ3v) is 5.36. The predicted molar refractivity (Wildman–Crippen MR) is 72.1 cm³/mol. The van der Waals surface area contributed by atoms with Crippen LogP contribution < -0.4 is 5.32 Å². The predicted octanol–water partition coefficient (Wildman–Crippen LogP) is 3.22. The summed E-state index contributed by atoms with van der Waals surface area (Å²) in [5.74, 6) is 0.820. The van der Waals surface area contributed by atoms with Crippen LogP contribution in [0.3, 0.4) is 0 Å². The number of rotatable bonds is 6. The molecule has 2 nitrogen and oxygen atoms in total. The summed E-state index contributed by atoms with van der Waals surface area (Å²) in [5, 5.41) is 3.80. The SMILES string of the molecule is CCOC1CC(NCC2(C(C)C)CC2)C1(C)C. The molecule has 0 amide bonds. The van der Waals surface area contributed by atoms with Crippen LogP contribution in [0.5, 0.6) is 0 Å². The summed E-state index contributed by atoms with van der Waals surface area (Å²) in [6.45, 7) is 13.5. The van der Waals surface area contributed by atoms with Gasteiger partial charge in [-0.1, -0.05) is 27.7 Å². The monoisotopic (exact) mass is 239 g/mol. The fraction of sp³-hybridized carbons (Fsp3) is 1.00. The van der Waals surface area contributed by atoms with Gasteiger partial charge in [0.1, 0.15) is 0 Å². The van der Waals surface area contributed by atoms with E-state index in [9.17, 15) is 0 Å². The first-order valence-electron chi connectivity index (χ1n) is 7.27. The number of nitrogens with one attached hydrogen (secondary N) is 1. The third kappa shape index (κ3) is 2.39. The minimum atomic E-state index is 0.309. The molecule has 0 heterocycles. The van der Waals surface area contributed by atoms with E-state index in [1.165, 1.54) is 25.8 Å². The molecular formula is C15H29NO. The van der Waals surface area contributed by atoms with Gasteiger partial charge in [-0.2, -0.15) is 0 Å². The largest absolute Gasteiger partial charge is 0.378 e. The zero-order valence-corrected chi connectivity index (χ0v) is 12.2. The maximum absolute atomic E-state index is 5.78. The van der Waals surface area contributed by atoms with Crippen molar-refractivity contribution in [3.05, 3.63) is 0 Å². The first kappa shape index (κ1) is 13.4. The summed E-state index contributed by atoms with van der Waals surface area (Å²) in [6.07, 6.45) is 4.48. The zero-order valence-electron chi connectivity index (χ0n) is 12.2. The Morgan fingerprint density at radius 3 is 2.35 bits per heavy atom. The number of hydrogen-bond donors (Lipinski definition) is 1. The van der Waals surface area contributed by atoms with Crippen LogP contribution in [0.1, 0.15) is 53.9 Å². The van der Waals surface area contributed by atoms with Crippen LogP contribution in [0.4, 0.5) is 0 Å². The van der Waals surface area contributed by atoms with Crippen molar-refractivity contribution in [2.24, 2.45) is 16.7 Å². The van der Waals surface area contributed by atoms with Crippen molar-refractivity contribution in [3.63, 3.8) is 0 Å². The van der Waals surface area contributed by atoms with E-state index in [-0.39, 0.29) is 0 Å². The van der Waals surface area contributed by atoms with Gasteiger partial charge in [0.2, 0.25) is 0 Å². The maximum Gasteiger partial charge on any atom is 0.0655 e. The van der Waals surface area contributed by atoms with Crippen LogP contribution >= 0.6 is 0 Å². The van der Waals surface area contributed by atoms with E-state index >= 15 is 0 Å². The fourth-order valence-corrected chi connectivity index (χ4v) is 3.16. The Balaban J connectivity index is 1.79. The summed E-state index contributed by atoms with van der Waals surface area (Å²) in [5.41, 5.74) is 0.926. The fourth-order valence-electron chi connectivity index (χ4n) is 3.16. The van der Waals surface area contributed by atoms with Gasteiger partial charge in [-0.15, -0.1) is 0 Å². The Morgan fingerprint density at radius 2 is 1.94 bits per heavy atom. The lowest BCUT2D eigenvalue weighted by atomic mass is 9.64. The molecule has 2 rings (SSSR count). The molecule has 0 aromatic carbocycles. The quantitative estimate of drug-likeness (QED) is 0.768. The number of hydrogen-bond acceptors (Lipinski definition) is 2. The molecule has 0 aliphatic heterocycles. The van der Waals surface area contributed by atoms with E-state index < -0.39 is 0 Å². The lowest BCUT2D eigenvalue weighted by Gasteiger charge is -2.52. The third-order valence-electron chi connectivity index (χ3n) is 5.36. The van der Waals surface area contributed by atoms with Gasteiger partial charge >= 0.3 is 0 Å².